The van der Waals surface area contributed by atoms with E-state index in [1.807, 2.05) is 32.0 Å². The molecule has 1 aliphatic rings. The predicted molar refractivity (Wildman–Crippen MR) is 98.2 cm³/mol. The van der Waals surface area contributed by atoms with E-state index in [0.29, 0.717) is 23.9 Å². The van der Waals surface area contributed by atoms with Gasteiger partial charge in [0.2, 0.25) is 12.7 Å². The van der Waals surface area contributed by atoms with Gasteiger partial charge in [-0.3, -0.25) is 4.79 Å². The zero-order chi connectivity index (χ0) is 18.0. The molecule has 1 aliphatic heterocycles. The van der Waals surface area contributed by atoms with Crippen LogP contribution in [0.2, 0.25) is 0 Å². The Morgan fingerprint density at radius 3 is 2.81 bits per heavy atom. The fraction of sp³-hybridized carbons (Fsp3) is 0.471. The van der Waals surface area contributed by atoms with Gasteiger partial charge >= 0.3 is 0 Å². The van der Waals surface area contributed by atoms with Gasteiger partial charge in [-0.1, -0.05) is 19.9 Å². The van der Waals surface area contributed by atoms with Crippen molar-refractivity contribution in [1.29, 1.82) is 0 Å². The molecule has 2 heterocycles. The number of carbonyl (C=O) groups excluding carboxylic acids is 1. The molecular formula is C17H24ClN5O3. The number of nitrogens with one attached hydrogen (secondary N) is 1. The highest BCUT2D eigenvalue weighted by Crippen LogP contribution is 2.32. The number of carbonyl (C=O) groups is 1. The standard InChI is InChI=1S/C17H23N5O3.ClH/c1-10(2)16(18)17-20-11(3)21-22(17)8-15(23)19-7-12-4-5-13-14(6-12)25-9-24-13;/h4-6,10,16H,7-9,18H2,1-3H3,(H,19,23);1H/t16-;/m0./s1. The number of hydrogen-bond acceptors (Lipinski definition) is 6. The fourth-order valence-corrected chi connectivity index (χ4v) is 2.58. The van der Waals surface area contributed by atoms with Gasteiger partial charge in [-0.05, 0) is 30.5 Å². The van der Waals surface area contributed by atoms with Crippen LogP contribution in [0.3, 0.4) is 0 Å². The zero-order valence-corrected chi connectivity index (χ0v) is 15.9. The second kappa shape index (κ2) is 8.37. The van der Waals surface area contributed by atoms with Crippen molar-refractivity contribution in [3.8, 4) is 11.5 Å². The third kappa shape index (κ3) is 4.44. The number of aromatic nitrogens is 3. The third-order valence-electron chi connectivity index (χ3n) is 4.04. The molecule has 8 nitrogen and oxygen atoms in total. The molecule has 0 aliphatic carbocycles. The van der Waals surface area contributed by atoms with Crippen molar-refractivity contribution in [2.45, 2.75) is 39.9 Å². The number of rotatable bonds is 6. The molecule has 1 atom stereocenters. The number of ether oxygens (including phenoxy) is 2. The molecule has 0 saturated carbocycles. The van der Waals surface area contributed by atoms with Gasteiger partial charge in [0.05, 0.1) is 6.04 Å². The normalized spacial score (nSPS) is 13.4. The number of hydrogen-bond donors (Lipinski definition) is 2. The molecular weight excluding hydrogens is 358 g/mol. The lowest BCUT2D eigenvalue weighted by molar-refractivity contribution is -0.122. The summed E-state index contributed by atoms with van der Waals surface area (Å²) < 4.78 is 12.2. The Morgan fingerprint density at radius 1 is 1.35 bits per heavy atom. The monoisotopic (exact) mass is 381 g/mol. The first-order valence-corrected chi connectivity index (χ1v) is 8.26. The van der Waals surface area contributed by atoms with Crippen LogP contribution in [0.5, 0.6) is 11.5 Å². The minimum atomic E-state index is -0.261. The second-order valence-electron chi connectivity index (χ2n) is 6.41. The Balaban J connectivity index is 0.00000243. The van der Waals surface area contributed by atoms with E-state index in [9.17, 15) is 4.79 Å². The Bertz CT molecular complexity index is 778. The lowest BCUT2D eigenvalue weighted by atomic mass is 10.1. The van der Waals surface area contributed by atoms with Crippen molar-refractivity contribution in [3.05, 3.63) is 35.4 Å². The number of fused-ring (bicyclic) bond motifs is 1. The fourth-order valence-electron chi connectivity index (χ4n) is 2.58. The molecule has 0 spiro atoms. The van der Waals surface area contributed by atoms with E-state index < -0.39 is 0 Å². The number of amides is 1. The summed E-state index contributed by atoms with van der Waals surface area (Å²) in [6.07, 6.45) is 0. The average molecular weight is 382 g/mol. The van der Waals surface area contributed by atoms with Crippen LogP contribution in [0.25, 0.3) is 0 Å². The number of aryl methyl sites for hydroxylation is 1. The van der Waals surface area contributed by atoms with Gasteiger partial charge in [0.25, 0.3) is 0 Å². The van der Waals surface area contributed by atoms with Crippen LogP contribution in [0.15, 0.2) is 18.2 Å². The maximum absolute atomic E-state index is 12.3. The van der Waals surface area contributed by atoms with E-state index >= 15 is 0 Å². The molecule has 0 fully saturated rings. The molecule has 1 aromatic carbocycles. The van der Waals surface area contributed by atoms with Gasteiger partial charge in [0.15, 0.2) is 11.5 Å². The summed E-state index contributed by atoms with van der Waals surface area (Å²) in [6.45, 7) is 6.53. The van der Waals surface area contributed by atoms with E-state index in [0.717, 1.165) is 11.3 Å². The minimum absolute atomic E-state index is 0. The second-order valence-corrected chi connectivity index (χ2v) is 6.41. The van der Waals surface area contributed by atoms with E-state index in [1.54, 1.807) is 11.6 Å². The van der Waals surface area contributed by atoms with E-state index in [4.69, 9.17) is 15.2 Å². The zero-order valence-electron chi connectivity index (χ0n) is 15.1. The van der Waals surface area contributed by atoms with Crippen LogP contribution in [0.4, 0.5) is 0 Å². The molecule has 0 bridgehead atoms. The molecule has 142 valence electrons. The quantitative estimate of drug-likeness (QED) is 0.789. The minimum Gasteiger partial charge on any atom is -0.454 e. The lowest BCUT2D eigenvalue weighted by Crippen LogP contribution is -2.30. The van der Waals surface area contributed by atoms with Gasteiger partial charge in [0.1, 0.15) is 18.2 Å². The van der Waals surface area contributed by atoms with Gasteiger partial charge in [0, 0.05) is 6.54 Å². The van der Waals surface area contributed by atoms with Crippen LogP contribution in [0, 0.1) is 12.8 Å². The van der Waals surface area contributed by atoms with Crippen LogP contribution >= 0.6 is 12.4 Å². The topological polar surface area (TPSA) is 104 Å². The van der Waals surface area contributed by atoms with Crippen LogP contribution in [-0.2, 0) is 17.9 Å². The van der Waals surface area contributed by atoms with Crippen molar-refractivity contribution in [2.24, 2.45) is 11.7 Å². The maximum Gasteiger partial charge on any atom is 0.242 e. The largest absolute Gasteiger partial charge is 0.454 e. The highest BCUT2D eigenvalue weighted by molar-refractivity contribution is 5.85. The summed E-state index contributed by atoms with van der Waals surface area (Å²) >= 11 is 0. The van der Waals surface area contributed by atoms with Crippen LogP contribution < -0.4 is 20.5 Å². The molecule has 0 unspecified atom stereocenters. The Hall–Kier alpha value is -2.32. The van der Waals surface area contributed by atoms with E-state index in [-0.39, 0.29) is 43.6 Å². The molecule has 1 amide bonds. The van der Waals surface area contributed by atoms with Crippen LogP contribution in [-0.4, -0.2) is 27.5 Å². The first kappa shape index (κ1) is 20.0. The SMILES string of the molecule is Cc1nc([C@@H](N)C(C)C)n(CC(=O)NCc2ccc3c(c2)OCO3)n1.Cl. The van der Waals surface area contributed by atoms with Gasteiger partial charge in [-0.2, -0.15) is 5.10 Å². The first-order valence-electron chi connectivity index (χ1n) is 8.26. The van der Waals surface area contributed by atoms with Crippen molar-refractivity contribution < 1.29 is 14.3 Å². The van der Waals surface area contributed by atoms with Gasteiger partial charge in [-0.15, -0.1) is 12.4 Å². The van der Waals surface area contributed by atoms with Crippen molar-refractivity contribution in [1.82, 2.24) is 20.1 Å². The van der Waals surface area contributed by atoms with Crippen molar-refractivity contribution >= 4 is 18.3 Å². The molecule has 9 heteroatoms. The maximum atomic E-state index is 12.3. The Kier molecular flexibility index (Phi) is 6.44. The number of nitrogens with zero attached hydrogens (tertiary/aromatic N) is 3. The highest BCUT2D eigenvalue weighted by Gasteiger charge is 2.20. The summed E-state index contributed by atoms with van der Waals surface area (Å²) in [4.78, 5) is 16.6. The summed E-state index contributed by atoms with van der Waals surface area (Å²) in [6, 6.07) is 5.34. The third-order valence-corrected chi connectivity index (χ3v) is 4.04. The van der Waals surface area contributed by atoms with Gasteiger partial charge in [-0.25, -0.2) is 9.67 Å². The highest BCUT2D eigenvalue weighted by atomic mass is 35.5. The Morgan fingerprint density at radius 2 is 2.08 bits per heavy atom. The molecule has 26 heavy (non-hydrogen) atoms. The molecule has 1 aromatic heterocycles. The average Bonchev–Trinajstić information content (AvgIpc) is 3.17. The number of benzene rings is 1. The summed E-state index contributed by atoms with van der Waals surface area (Å²) in [5, 5.41) is 7.16. The van der Waals surface area contributed by atoms with Crippen LogP contribution in [0.1, 0.15) is 37.1 Å². The smallest absolute Gasteiger partial charge is 0.242 e. The summed E-state index contributed by atoms with van der Waals surface area (Å²) in [5.74, 6) is 2.71. The van der Waals surface area contributed by atoms with E-state index in [2.05, 4.69) is 15.4 Å². The van der Waals surface area contributed by atoms with Crippen molar-refractivity contribution in [3.63, 3.8) is 0 Å². The molecule has 2 aromatic rings. The molecule has 0 saturated heterocycles. The van der Waals surface area contributed by atoms with Gasteiger partial charge < -0.3 is 20.5 Å². The molecule has 3 rings (SSSR count). The van der Waals surface area contributed by atoms with E-state index in [1.165, 1.54) is 0 Å². The molecule has 3 N–H and O–H groups in total. The van der Waals surface area contributed by atoms with Crippen molar-refractivity contribution in [2.75, 3.05) is 6.79 Å². The Labute approximate surface area is 158 Å². The summed E-state index contributed by atoms with van der Waals surface area (Å²) in [7, 11) is 0. The number of halogens is 1. The lowest BCUT2D eigenvalue weighted by Gasteiger charge is -2.15. The molecule has 0 radical (unpaired) electrons. The predicted octanol–water partition coefficient (Wildman–Crippen LogP) is 1.71. The first-order chi connectivity index (χ1) is 11.9. The number of nitrogens with two attached hydrogens (primary N) is 1. The summed E-state index contributed by atoms with van der Waals surface area (Å²) in [5.41, 5.74) is 7.10.